The van der Waals surface area contributed by atoms with Gasteiger partial charge in [0.1, 0.15) is 11.6 Å². The van der Waals surface area contributed by atoms with Crippen LogP contribution in [0.3, 0.4) is 0 Å². The summed E-state index contributed by atoms with van der Waals surface area (Å²) >= 11 is 0. The highest BCUT2D eigenvalue weighted by molar-refractivity contribution is 7.91. The molecule has 28 heavy (non-hydrogen) atoms. The fraction of sp³-hybridized carbons (Fsp3) is 0.579. The average Bonchev–Trinajstić information content (AvgIpc) is 3.29. The Balaban J connectivity index is 1.67. The first-order chi connectivity index (χ1) is 13.3. The first-order valence-electron chi connectivity index (χ1n) is 9.33. The highest BCUT2D eigenvalue weighted by Crippen LogP contribution is 2.29. The molecule has 1 saturated heterocycles. The Labute approximate surface area is 163 Å². The van der Waals surface area contributed by atoms with E-state index in [2.05, 4.69) is 0 Å². The van der Waals surface area contributed by atoms with E-state index in [1.807, 2.05) is 0 Å². The molecule has 2 aliphatic rings. The Kier molecular flexibility index (Phi) is 6.22. The molecule has 0 unspecified atom stereocenters. The van der Waals surface area contributed by atoms with E-state index in [9.17, 15) is 22.4 Å². The number of esters is 1. The van der Waals surface area contributed by atoms with Gasteiger partial charge in [-0.1, -0.05) is 12.8 Å². The van der Waals surface area contributed by atoms with Gasteiger partial charge in [-0.2, -0.15) is 0 Å². The molecule has 7 nitrogen and oxygen atoms in total. The van der Waals surface area contributed by atoms with E-state index in [-0.39, 0.29) is 28.9 Å². The number of benzene rings is 1. The van der Waals surface area contributed by atoms with E-state index in [4.69, 9.17) is 9.47 Å². The number of nitrogens with zero attached hydrogens (tertiary/aromatic N) is 1. The van der Waals surface area contributed by atoms with Crippen molar-refractivity contribution in [2.75, 3.05) is 25.2 Å². The van der Waals surface area contributed by atoms with Crippen molar-refractivity contribution in [1.82, 2.24) is 4.90 Å². The summed E-state index contributed by atoms with van der Waals surface area (Å²) in [5, 5.41) is 0. The van der Waals surface area contributed by atoms with Crippen LogP contribution in [-0.4, -0.2) is 62.5 Å². The van der Waals surface area contributed by atoms with Crippen molar-refractivity contribution in [3.63, 3.8) is 0 Å². The number of hydrogen-bond donors (Lipinski definition) is 0. The molecule has 1 heterocycles. The van der Waals surface area contributed by atoms with Gasteiger partial charge in [-0.05, 0) is 31.4 Å². The number of sulfone groups is 1. The summed E-state index contributed by atoms with van der Waals surface area (Å²) in [6.45, 7) is -0.544. The topological polar surface area (TPSA) is 90.0 Å². The van der Waals surface area contributed by atoms with E-state index >= 15 is 0 Å². The van der Waals surface area contributed by atoms with Crippen LogP contribution >= 0.6 is 0 Å². The van der Waals surface area contributed by atoms with E-state index in [0.717, 1.165) is 31.7 Å². The average molecular weight is 413 g/mol. The Hall–Kier alpha value is -2.16. The van der Waals surface area contributed by atoms with Crippen molar-refractivity contribution < 1.29 is 31.9 Å². The summed E-state index contributed by atoms with van der Waals surface area (Å²) in [6, 6.07) is 3.29. The van der Waals surface area contributed by atoms with Crippen LogP contribution in [0.2, 0.25) is 0 Å². The Morgan fingerprint density at radius 3 is 2.46 bits per heavy atom. The molecule has 0 N–H and O–H groups in total. The minimum absolute atomic E-state index is 0.0396. The number of hydrogen-bond acceptors (Lipinski definition) is 6. The fourth-order valence-electron chi connectivity index (χ4n) is 3.95. The molecule has 1 atom stereocenters. The normalized spacial score (nSPS) is 21.4. The number of methoxy groups -OCH3 is 1. The minimum atomic E-state index is -3.15. The summed E-state index contributed by atoms with van der Waals surface area (Å²) in [5.41, 5.74) is -0.288. The molecule has 1 aliphatic heterocycles. The minimum Gasteiger partial charge on any atom is -0.497 e. The van der Waals surface area contributed by atoms with Crippen LogP contribution in [0.4, 0.5) is 4.39 Å². The van der Waals surface area contributed by atoms with Gasteiger partial charge in [0.15, 0.2) is 16.4 Å². The third-order valence-electron chi connectivity index (χ3n) is 5.33. The lowest BCUT2D eigenvalue weighted by Crippen LogP contribution is -2.48. The zero-order valence-electron chi connectivity index (χ0n) is 15.7. The van der Waals surface area contributed by atoms with Crippen molar-refractivity contribution in [2.45, 2.75) is 44.2 Å². The molecular weight excluding hydrogens is 389 g/mol. The molecule has 1 aromatic carbocycles. The maximum atomic E-state index is 14.0. The standard InChI is InChI=1S/C19H24FNO6S/c1-26-15-6-7-16(17(20)10-15)19(23)27-11-18(22)21(13-4-2-3-5-13)14-8-9-28(24,25)12-14/h6-7,10,13-14H,2-5,8-9,11-12H2,1H3/t14-/m0/s1. The van der Waals surface area contributed by atoms with Gasteiger partial charge in [0.2, 0.25) is 0 Å². The molecule has 0 bridgehead atoms. The van der Waals surface area contributed by atoms with Gasteiger partial charge in [-0.15, -0.1) is 0 Å². The third kappa shape index (κ3) is 4.63. The zero-order valence-corrected chi connectivity index (χ0v) is 16.5. The molecule has 9 heteroatoms. The zero-order chi connectivity index (χ0) is 20.3. The summed E-state index contributed by atoms with van der Waals surface area (Å²) in [7, 11) is -1.77. The second-order valence-corrected chi connectivity index (χ2v) is 9.45. The van der Waals surface area contributed by atoms with Crippen LogP contribution in [0.15, 0.2) is 18.2 Å². The predicted molar refractivity (Wildman–Crippen MR) is 99.4 cm³/mol. The van der Waals surface area contributed by atoms with Gasteiger partial charge in [0.05, 0.1) is 24.2 Å². The van der Waals surface area contributed by atoms with Crippen LogP contribution in [-0.2, 0) is 19.4 Å². The van der Waals surface area contributed by atoms with Crippen molar-refractivity contribution >= 4 is 21.7 Å². The smallest absolute Gasteiger partial charge is 0.341 e. The molecule has 0 spiro atoms. The van der Waals surface area contributed by atoms with Gasteiger partial charge in [-0.25, -0.2) is 17.6 Å². The quantitative estimate of drug-likeness (QED) is 0.662. The van der Waals surface area contributed by atoms with Crippen LogP contribution in [0.25, 0.3) is 0 Å². The Morgan fingerprint density at radius 2 is 1.89 bits per heavy atom. The van der Waals surface area contributed by atoms with Crippen LogP contribution in [0.1, 0.15) is 42.5 Å². The molecule has 0 aromatic heterocycles. The number of carbonyl (C=O) groups excluding carboxylic acids is 2. The highest BCUT2D eigenvalue weighted by atomic mass is 32.2. The maximum Gasteiger partial charge on any atom is 0.341 e. The van der Waals surface area contributed by atoms with Crippen molar-refractivity contribution in [3.05, 3.63) is 29.6 Å². The molecule has 1 amide bonds. The van der Waals surface area contributed by atoms with E-state index in [0.29, 0.717) is 6.42 Å². The van der Waals surface area contributed by atoms with Crippen LogP contribution in [0, 0.1) is 5.82 Å². The molecule has 1 aromatic rings. The highest BCUT2D eigenvalue weighted by Gasteiger charge is 2.39. The van der Waals surface area contributed by atoms with E-state index in [1.165, 1.54) is 19.2 Å². The number of amides is 1. The fourth-order valence-corrected chi connectivity index (χ4v) is 5.66. The van der Waals surface area contributed by atoms with E-state index < -0.39 is 40.2 Å². The Bertz CT molecular complexity index is 850. The second-order valence-electron chi connectivity index (χ2n) is 7.22. The van der Waals surface area contributed by atoms with Crippen molar-refractivity contribution in [2.24, 2.45) is 0 Å². The molecule has 0 radical (unpaired) electrons. The van der Waals surface area contributed by atoms with Gasteiger partial charge >= 0.3 is 5.97 Å². The Morgan fingerprint density at radius 1 is 1.18 bits per heavy atom. The summed E-state index contributed by atoms with van der Waals surface area (Å²) < 4.78 is 47.6. The van der Waals surface area contributed by atoms with Gasteiger partial charge in [-0.3, -0.25) is 4.79 Å². The summed E-state index contributed by atoms with van der Waals surface area (Å²) in [6.07, 6.45) is 3.97. The van der Waals surface area contributed by atoms with Gasteiger partial charge in [0, 0.05) is 18.2 Å². The van der Waals surface area contributed by atoms with Crippen molar-refractivity contribution in [1.29, 1.82) is 0 Å². The number of rotatable bonds is 6. The SMILES string of the molecule is COc1ccc(C(=O)OCC(=O)N(C2CCCC2)[C@H]2CCS(=O)(=O)C2)c(F)c1. The first kappa shape index (κ1) is 20.6. The first-order valence-corrected chi connectivity index (χ1v) is 11.1. The third-order valence-corrected chi connectivity index (χ3v) is 7.08. The lowest BCUT2D eigenvalue weighted by Gasteiger charge is -2.33. The number of carbonyl (C=O) groups is 2. The largest absolute Gasteiger partial charge is 0.497 e. The summed E-state index contributed by atoms with van der Waals surface area (Å²) in [5.74, 6) is -1.91. The predicted octanol–water partition coefficient (Wildman–Crippen LogP) is 1.95. The van der Waals surface area contributed by atoms with Crippen LogP contribution in [0.5, 0.6) is 5.75 Å². The van der Waals surface area contributed by atoms with Gasteiger partial charge < -0.3 is 14.4 Å². The number of halogens is 1. The van der Waals surface area contributed by atoms with E-state index in [1.54, 1.807) is 4.90 Å². The van der Waals surface area contributed by atoms with Crippen molar-refractivity contribution in [3.8, 4) is 5.75 Å². The molecule has 1 aliphatic carbocycles. The lowest BCUT2D eigenvalue weighted by molar-refractivity contribution is -0.139. The molecule has 3 rings (SSSR count). The monoisotopic (exact) mass is 413 g/mol. The van der Waals surface area contributed by atoms with Crippen LogP contribution < -0.4 is 4.74 Å². The molecule has 1 saturated carbocycles. The molecular formula is C19H24FNO6S. The molecule has 2 fully saturated rings. The molecule has 154 valence electrons. The maximum absolute atomic E-state index is 14.0. The summed E-state index contributed by atoms with van der Waals surface area (Å²) in [4.78, 5) is 26.6. The number of ether oxygens (including phenoxy) is 2. The second kappa shape index (κ2) is 8.46. The lowest BCUT2D eigenvalue weighted by atomic mass is 10.1. The van der Waals surface area contributed by atoms with Gasteiger partial charge in [0.25, 0.3) is 5.91 Å².